The minimum atomic E-state index is 0.563. The smallest absolute Gasteiger partial charge is 0.155 e. The van der Waals surface area contributed by atoms with Crippen molar-refractivity contribution in [1.82, 2.24) is 29.0 Å². The number of aromatic nitrogens is 5. The molecule has 114 valence electrons. The van der Waals surface area contributed by atoms with E-state index in [1.165, 1.54) is 11.4 Å². The highest BCUT2D eigenvalue weighted by molar-refractivity contribution is 5.37. The van der Waals surface area contributed by atoms with Crippen LogP contribution in [0.4, 0.5) is 0 Å². The maximum atomic E-state index is 4.41. The van der Waals surface area contributed by atoms with Gasteiger partial charge in [-0.2, -0.15) is 5.10 Å². The molecule has 0 aliphatic carbocycles. The van der Waals surface area contributed by atoms with Gasteiger partial charge in [0, 0.05) is 43.7 Å². The number of fused-ring (bicyclic) bond motifs is 1. The molecule has 3 aromatic rings. The molecule has 0 radical (unpaired) electrons. The lowest BCUT2D eigenvalue weighted by Crippen LogP contribution is -2.33. The highest BCUT2D eigenvalue weighted by Crippen LogP contribution is 2.28. The second-order valence-electron chi connectivity index (χ2n) is 6.02. The van der Waals surface area contributed by atoms with Crippen LogP contribution in [0.1, 0.15) is 30.1 Å². The Kier molecular flexibility index (Phi) is 3.38. The van der Waals surface area contributed by atoms with Gasteiger partial charge < -0.3 is 4.57 Å². The van der Waals surface area contributed by atoms with Gasteiger partial charge in [0.25, 0.3) is 0 Å². The lowest BCUT2D eigenvalue weighted by Gasteiger charge is -2.32. The fourth-order valence-corrected chi connectivity index (χ4v) is 3.32. The van der Waals surface area contributed by atoms with Crippen molar-refractivity contribution in [3.8, 4) is 0 Å². The molecule has 3 aromatic heterocycles. The molecule has 22 heavy (non-hydrogen) atoms. The first-order valence-electron chi connectivity index (χ1n) is 7.77. The number of hydrogen-bond acceptors (Lipinski definition) is 4. The van der Waals surface area contributed by atoms with Gasteiger partial charge >= 0.3 is 0 Å². The van der Waals surface area contributed by atoms with E-state index < -0.39 is 0 Å². The normalized spacial score (nSPS) is 17.3. The van der Waals surface area contributed by atoms with Crippen LogP contribution in [-0.4, -0.2) is 42.1 Å². The van der Waals surface area contributed by atoms with Crippen molar-refractivity contribution in [2.45, 2.75) is 25.3 Å². The predicted molar refractivity (Wildman–Crippen MR) is 83.4 cm³/mol. The molecular formula is C16H20N6. The summed E-state index contributed by atoms with van der Waals surface area (Å²) in [6.45, 7) is 3.21. The number of piperidine rings is 1. The summed E-state index contributed by atoms with van der Waals surface area (Å²) < 4.78 is 4.09. The molecule has 1 saturated heterocycles. The Labute approximate surface area is 129 Å². The van der Waals surface area contributed by atoms with Crippen LogP contribution in [0.25, 0.3) is 5.65 Å². The monoisotopic (exact) mass is 296 g/mol. The second kappa shape index (κ2) is 5.53. The third kappa shape index (κ3) is 2.39. The van der Waals surface area contributed by atoms with Crippen LogP contribution in [0.5, 0.6) is 0 Å². The van der Waals surface area contributed by atoms with E-state index in [0.29, 0.717) is 5.92 Å². The van der Waals surface area contributed by atoms with Crippen molar-refractivity contribution in [2.24, 2.45) is 7.05 Å². The SMILES string of the molecule is Cn1cncc1CN1CCC(c2ccnc3ccnn23)CC1. The Hall–Kier alpha value is -2.21. The van der Waals surface area contributed by atoms with Gasteiger partial charge in [-0.15, -0.1) is 0 Å². The molecule has 0 saturated carbocycles. The summed E-state index contributed by atoms with van der Waals surface area (Å²) in [5.74, 6) is 0.563. The Morgan fingerprint density at radius 1 is 1.18 bits per heavy atom. The van der Waals surface area contributed by atoms with Crippen LogP contribution < -0.4 is 0 Å². The summed E-state index contributed by atoms with van der Waals surface area (Å²) in [6, 6.07) is 4.07. The van der Waals surface area contributed by atoms with E-state index in [2.05, 4.69) is 37.6 Å². The molecule has 0 N–H and O–H groups in total. The largest absolute Gasteiger partial charge is 0.337 e. The number of hydrogen-bond donors (Lipinski definition) is 0. The molecule has 6 heteroatoms. The summed E-state index contributed by atoms with van der Waals surface area (Å²) in [5, 5.41) is 4.41. The van der Waals surface area contributed by atoms with Gasteiger partial charge in [-0.1, -0.05) is 0 Å². The summed E-state index contributed by atoms with van der Waals surface area (Å²) in [4.78, 5) is 11.1. The maximum Gasteiger partial charge on any atom is 0.155 e. The number of nitrogens with zero attached hydrogens (tertiary/aromatic N) is 6. The van der Waals surface area contributed by atoms with Crippen LogP contribution in [0, 0.1) is 0 Å². The third-order valence-corrected chi connectivity index (χ3v) is 4.63. The number of likely N-dealkylation sites (tertiary alicyclic amines) is 1. The van der Waals surface area contributed by atoms with Crippen molar-refractivity contribution in [3.05, 3.63) is 48.4 Å². The average molecular weight is 296 g/mol. The summed E-state index contributed by atoms with van der Waals surface area (Å²) in [5.41, 5.74) is 3.50. The molecule has 0 bridgehead atoms. The Morgan fingerprint density at radius 3 is 2.82 bits per heavy atom. The van der Waals surface area contributed by atoms with Crippen molar-refractivity contribution < 1.29 is 0 Å². The topological polar surface area (TPSA) is 51.2 Å². The van der Waals surface area contributed by atoms with Crippen molar-refractivity contribution in [1.29, 1.82) is 0 Å². The van der Waals surface area contributed by atoms with Gasteiger partial charge in [-0.3, -0.25) is 4.90 Å². The Bertz CT molecular complexity index is 766. The summed E-state index contributed by atoms with van der Waals surface area (Å²) in [6.07, 6.45) is 9.88. The molecule has 1 aliphatic heterocycles. The van der Waals surface area contributed by atoms with Gasteiger partial charge in [0.2, 0.25) is 0 Å². The minimum absolute atomic E-state index is 0.563. The first-order chi connectivity index (χ1) is 10.8. The molecule has 0 spiro atoms. The lowest BCUT2D eigenvalue weighted by molar-refractivity contribution is 0.198. The first-order valence-corrected chi connectivity index (χ1v) is 7.77. The third-order valence-electron chi connectivity index (χ3n) is 4.63. The number of rotatable bonds is 3. The molecule has 0 amide bonds. The van der Waals surface area contributed by atoms with Crippen LogP contribution in [0.15, 0.2) is 37.1 Å². The number of aryl methyl sites for hydroxylation is 1. The summed E-state index contributed by atoms with van der Waals surface area (Å²) in [7, 11) is 2.06. The first kappa shape index (κ1) is 13.5. The Morgan fingerprint density at radius 2 is 2.05 bits per heavy atom. The van der Waals surface area contributed by atoms with E-state index in [9.17, 15) is 0 Å². The molecule has 4 rings (SSSR count). The van der Waals surface area contributed by atoms with Crippen LogP contribution in [-0.2, 0) is 13.6 Å². The van der Waals surface area contributed by atoms with Gasteiger partial charge in [0.1, 0.15) is 0 Å². The molecule has 1 fully saturated rings. The minimum Gasteiger partial charge on any atom is -0.337 e. The van der Waals surface area contributed by atoms with Gasteiger partial charge in [-0.05, 0) is 32.0 Å². The highest BCUT2D eigenvalue weighted by Gasteiger charge is 2.23. The van der Waals surface area contributed by atoms with Crippen molar-refractivity contribution in [2.75, 3.05) is 13.1 Å². The molecule has 1 aliphatic rings. The zero-order valence-electron chi connectivity index (χ0n) is 12.8. The number of imidazole rings is 1. The predicted octanol–water partition coefficient (Wildman–Crippen LogP) is 1.84. The van der Waals surface area contributed by atoms with E-state index in [1.54, 1.807) is 0 Å². The second-order valence-corrected chi connectivity index (χ2v) is 6.02. The fraction of sp³-hybridized carbons (Fsp3) is 0.438. The fourth-order valence-electron chi connectivity index (χ4n) is 3.32. The zero-order valence-corrected chi connectivity index (χ0v) is 12.8. The summed E-state index contributed by atoms with van der Waals surface area (Å²) >= 11 is 0. The molecule has 0 aromatic carbocycles. The molecule has 0 unspecified atom stereocenters. The van der Waals surface area contributed by atoms with E-state index in [1.807, 2.05) is 35.5 Å². The molecule has 6 nitrogen and oxygen atoms in total. The molecule has 4 heterocycles. The van der Waals surface area contributed by atoms with E-state index in [-0.39, 0.29) is 0 Å². The average Bonchev–Trinajstić information content (AvgIpc) is 3.17. The van der Waals surface area contributed by atoms with Gasteiger partial charge in [-0.25, -0.2) is 14.5 Å². The highest BCUT2D eigenvalue weighted by atomic mass is 15.3. The van der Waals surface area contributed by atoms with Crippen LogP contribution >= 0.6 is 0 Å². The quantitative estimate of drug-likeness (QED) is 0.740. The van der Waals surface area contributed by atoms with E-state index in [4.69, 9.17) is 0 Å². The van der Waals surface area contributed by atoms with Crippen molar-refractivity contribution >= 4 is 5.65 Å². The zero-order chi connectivity index (χ0) is 14.9. The molecule has 0 atom stereocenters. The lowest BCUT2D eigenvalue weighted by atomic mass is 9.93. The van der Waals surface area contributed by atoms with Crippen LogP contribution in [0.2, 0.25) is 0 Å². The van der Waals surface area contributed by atoms with Gasteiger partial charge in [0.05, 0.1) is 18.2 Å². The van der Waals surface area contributed by atoms with Gasteiger partial charge in [0.15, 0.2) is 5.65 Å². The van der Waals surface area contributed by atoms with E-state index >= 15 is 0 Å². The Balaban J connectivity index is 1.46. The molecular weight excluding hydrogens is 276 g/mol. The van der Waals surface area contributed by atoms with Crippen molar-refractivity contribution in [3.63, 3.8) is 0 Å². The maximum absolute atomic E-state index is 4.41. The standard InChI is InChI=1S/C16H20N6/c1-20-12-17-10-14(20)11-21-8-4-13(5-9-21)15-2-6-18-16-3-7-19-22(15)16/h2-3,6-7,10,12-13H,4-5,8-9,11H2,1H3. The van der Waals surface area contributed by atoms with Crippen LogP contribution in [0.3, 0.4) is 0 Å². The van der Waals surface area contributed by atoms with E-state index in [0.717, 1.165) is 38.1 Å².